The number of aromatic amines is 2. The van der Waals surface area contributed by atoms with Crippen LogP contribution in [0.25, 0.3) is 16.5 Å². The second-order valence-corrected chi connectivity index (χ2v) is 6.46. The number of methoxy groups -OCH3 is 1. The van der Waals surface area contributed by atoms with Crippen LogP contribution in [0.2, 0.25) is 0 Å². The summed E-state index contributed by atoms with van der Waals surface area (Å²) in [6.07, 6.45) is 1.99. The summed E-state index contributed by atoms with van der Waals surface area (Å²) >= 11 is 0. The highest BCUT2D eigenvalue weighted by Gasteiger charge is 2.21. The van der Waals surface area contributed by atoms with E-state index in [1.807, 2.05) is 18.2 Å². The van der Waals surface area contributed by atoms with E-state index in [1.54, 1.807) is 7.11 Å². The molecule has 0 aliphatic carbocycles. The van der Waals surface area contributed by atoms with E-state index in [4.69, 9.17) is 9.73 Å². The SMILES string of the molecule is COC1=CC(c2cc3ccccc3[nH]2)=N/C1=C(\C)c1[nH]c(C)cc1C. The molecule has 1 aliphatic rings. The zero-order valence-corrected chi connectivity index (χ0v) is 14.9. The number of ether oxygens (including phenoxy) is 1. The number of para-hydroxylation sites is 1. The van der Waals surface area contributed by atoms with Gasteiger partial charge in [-0.2, -0.15) is 0 Å². The Balaban J connectivity index is 1.83. The Morgan fingerprint density at radius 3 is 2.56 bits per heavy atom. The van der Waals surface area contributed by atoms with Gasteiger partial charge < -0.3 is 14.7 Å². The summed E-state index contributed by atoms with van der Waals surface area (Å²) in [5, 5.41) is 1.18. The van der Waals surface area contributed by atoms with Crippen LogP contribution in [0.5, 0.6) is 0 Å². The van der Waals surface area contributed by atoms with Crippen LogP contribution in [0.3, 0.4) is 0 Å². The Labute approximate surface area is 146 Å². The number of aryl methyl sites for hydroxylation is 2. The summed E-state index contributed by atoms with van der Waals surface area (Å²) in [7, 11) is 1.69. The predicted octanol–water partition coefficient (Wildman–Crippen LogP) is 4.88. The molecule has 0 fully saturated rings. The monoisotopic (exact) mass is 331 g/mol. The van der Waals surface area contributed by atoms with Crippen molar-refractivity contribution < 1.29 is 4.74 Å². The molecule has 4 rings (SSSR count). The van der Waals surface area contributed by atoms with E-state index in [-0.39, 0.29) is 0 Å². The maximum atomic E-state index is 5.60. The maximum absolute atomic E-state index is 5.60. The van der Waals surface area contributed by atoms with Crippen molar-refractivity contribution in [3.05, 3.63) is 76.6 Å². The van der Waals surface area contributed by atoms with E-state index in [1.165, 1.54) is 10.9 Å². The van der Waals surface area contributed by atoms with E-state index >= 15 is 0 Å². The van der Waals surface area contributed by atoms with E-state index in [2.05, 4.69) is 55.0 Å². The minimum atomic E-state index is 0.790. The molecule has 0 radical (unpaired) electrons. The van der Waals surface area contributed by atoms with Crippen LogP contribution in [0, 0.1) is 13.8 Å². The van der Waals surface area contributed by atoms with Crippen LogP contribution in [-0.4, -0.2) is 22.8 Å². The summed E-state index contributed by atoms with van der Waals surface area (Å²) in [5.41, 5.74) is 8.43. The second kappa shape index (κ2) is 5.81. The lowest BCUT2D eigenvalue weighted by molar-refractivity contribution is 0.302. The van der Waals surface area contributed by atoms with Gasteiger partial charge in [0.1, 0.15) is 11.5 Å². The van der Waals surface area contributed by atoms with E-state index in [9.17, 15) is 0 Å². The number of fused-ring (bicyclic) bond motifs is 1. The highest BCUT2D eigenvalue weighted by Crippen LogP contribution is 2.31. The zero-order valence-electron chi connectivity index (χ0n) is 14.9. The minimum Gasteiger partial charge on any atom is -0.494 e. The topological polar surface area (TPSA) is 53.2 Å². The number of hydrogen-bond donors (Lipinski definition) is 2. The largest absolute Gasteiger partial charge is 0.494 e. The number of nitrogens with zero attached hydrogens (tertiary/aromatic N) is 1. The molecule has 2 N–H and O–H groups in total. The highest BCUT2D eigenvalue weighted by molar-refractivity contribution is 6.13. The van der Waals surface area contributed by atoms with Gasteiger partial charge in [-0.1, -0.05) is 18.2 Å². The Morgan fingerprint density at radius 2 is 1.88 bits per heavy atom. The molecule has 0 bridgehead atoms. The molecule has 2 aromatic heterocycles. The van der Waals surface area contributed by atoms with Crippen molar-refractivity contribution in [2.45, 2.75) is 20.8 Å². The molecule has 0 saturated carbocycles. The molecule has 4 heteroatoms. The van der Waals surface area contributed by atoms with Gasteiger partial charge in [0.25, 0.3) is 0 Å². The number of allylic oxidation sites excluding steroid dienone is 2. The molecule has 0 amide bonds. The number of aromatic nitrogens is 2. The molecule has 3 aromatic rings. The normalized spacial score (nSPS) is 16.2. The Kier molecular flexibility index (Phi) is 3.61. The second-order valence-electron chi connectivity index (χ2n) is 6.46. The average molecular weight is 331 g/mol. The van der Waals surface area contributed by atoms with Gasteiger partial charge in [-0.15, -0.1) is 0 Å². The lowest BCUT2D eigenvalue weighted by Gasteiger charge is -2.07. The first kappa shape index (κ1) is 15.5. The molecule has 0 unspecified atom stereocenters. The number of benzene rings is 1. The zero-order chi connectivity index (χ0) is 17.6. The summed E-state index contributed by atoms with van der Waals surface area (Å²) in [5.74, 6) is 0.790. The first-order chi connectivity index (χ1) is 12.1. The third kappa shape index (κ3) is 2.60. The maximum Gasteiger partial charge on any atom is 0.147 e. The smallest absolute Gasteiger partial charge is 0.147 e. The number of hydrogen-bond acceptors (Lipinski definition) is 2. The molecule has 0 spiro atoms. The molecule has 0 atom stereocenters. The Morgan fingerprint density at radius 1 is 1.08 bits per heavy atom. The van der Waals surface area contributed by atoms with Crippen LogP contribution in [0.4, 0.5) is 0 Å². The standard InChI is InChI=1S/C21H21N3O/c1-12-9-13(2)22-20(12)14(3)21-19(25-4)11-18(24-21)17-10-15-7-5-6-8-16(15)23-17/h5-11,22-23H,1-4H3/b21-14+. The van der Waals surface area contributed by atoms with Crippen molar-refractivity contribution >= 4 is 22.2 Å². The lowest BCUT2D eigenvalue weighted by atomic mass is 10.1. The molecule has 4 nitrogen and oxygen atoms in total. The fourth-order valence-electron chi connectivity index (χ4n) is 3.41. The molecular weight excluding hydrogens is 310 g/mol. The molecule has 3 heterocycles. The summed E-state index contributed by atoms with van der Waals surface area (Å²) in [4.78, 5) is 11.7. The molecular formula is C21H21N3O. The first-order valence-corrected chi connectivity index (χ1v) is 8.37. The predicted molar refractivity (Wildman–Crippen MR) is 103 cm³/mol. The van der Waals surface area contributed by atoms with Crippen LogP contribution >= 0.6 is 0 Å². The summed E-state index contributed by atoms with van der Waals surface area (Å²) in [6.45, 7) is 6.25. The average Bonchev–Trinajstić information content (AvgIpc) is 3.29. The number of H-pyrrole nitrogens is 2. The van der Waals surface area contributed by atoms with Gasteiger partial charge >= 0.3 is 0 Å². The third-order valence-electron chi connectivity index (χ3n) is 4.64. The third-order valence-corrected chi connectivity index (χ3v) is 4.64. The van der Waals surface area contributed by atoms with Crippen molar-refractivity contribution in [1.82, 2.24) is 9.97 Å². The summed E-state index contributed by atoms with van der Waals surface area (Å²) < 4.78 is 5.60. The highest BCUT2D eigenvalue weighted by atomic mass is 16.5. The van der Waals surface area contributed by atoms with Gasteiger partial charge in [-0.25, -0.2) is 4.99 Å². The fraction of sp³-hybridized carbons (Fsp3) is 0.190. The van der Waals surface area contributed by atoms with Crippen molar-refractivity contribution in [3.8, 4) is 0 Å². The van der Waals surface area contributed by atoms with Crippen molar-refractivity contribution in [2.75, 3.05) is 7.11 Å². The molecule has 1 aliphatic heterocycles. The van der Waals surface area contributed by atoms with Crippen LogP contribution in [0.1, 0.15) is 29.6 Å². The molecule has 0 saturated heterocycles. The summed E-state index contributed by atoms with van der Waals surface area (Å²) in [6, 6.07) is 12.5. The van der Waals surface area contributed by atoms with Gasteiger partial charge in [0, 0.05) is 33.9 Å². The van der Waals surface area contributed by atoms with Gasteiger partial charge in [-0.3, -0.25) is 0 Å². The minimum absolute atomic E-state index is 0.790. The van der Waals surface area contributed by atoms with Crippen LogP contribution < -0.4 is 0 Å². The molecule has 1 aromatic carbocycles. The number of nitrogens with one attached hydrogen (secondary N) is 2. The molecule has 25 heavy (non-hydrogen) atoms. The Hall–Kier alpha value is -3.01. The van der Waals surface area contributed by atoms with Gasteiger partial charge in [-0.05, 0) is 44.5 Å². The van der Waals surface area contributed by atoms with Crippen molar-refractivity contribution in [1.29, 1.82) is 0 Å². The van der Waals surface area contributed by atoms with Crippen molar-refractivity contribution in [3.63, 3.8) is 0 Å². The Bertz CT molecular complexity index is 1030. The van der Waals surface area contributed by atoms with Gasteiger partial charge in [0.15, 0.2) is 0 Å². The molecule has 126 valence electrons. The van der Waals surface area contributed by atoms with Crippen molar-refractivity contribution in [2.24, 2.45) is 4.99 Å². The number of rotatable bonds is 3. The fourth-order valence-corrected chi connectivity index (χ4v) is 3.41. The van der Waals surface area contributed by atoms with Gasteiger partial charge in [0.05, 0.1) is 18.5 Å². The van der Waals surface area contributed by atoms with Crippen LogP contribution in [0.15, 0.2) is 58.9 Å². The van der Waals surface area contributed by atoms with E-state index in [0.717, 1.165) is 45.3 Å². The van der Waals surface area contributed by atoms with Gasteiger partial charge in [0.2, 0.25) is 0 Å². The lowest BCUT2D eigenvalue weighted by Crippen LogP contribution is -1.93. The van der Waals surface area contributed by atoms with E-state index < -0.39 is 0 Å². The quantitative estimate of drug-likeness (QED) is 0.706. The first-order valence-electron chi connectivity index (χ1n) is 8.37. The van der Waals surface area contributed by atoms with E-state index in [0.29, 0.717) is 0 Å². The van der Waals surface area contributed by atoms with Crippen LogP contribution in [-0.2, 0) is 4.74 Å². The number of aliphatic imine (C=N–C) groups is 1.